The second-order valence-electron chi connectivity index (χ2n) is 6.94. The highest BCUT2D eigenvalue weighted by atomic mass is 19.1. The van der Waals surface area contributed by atoms with Crippen molar-refractivity contribution in [3.05, 3.63) is 60.1 Å². The molecule has 3 aromatic rings. The van der Waals surface area contributed by atoms with Gasteiger partial charge in [-0.3, -0.25) is 9.69 Å². The maximum Gasteiger partial charge on any atom is 0.269 e. The first-order valence-electron chi connectivity index (χ1n) is 9.69. The number of imidazole rings is 1. The predicted octanol–water partition coefficient (Wildman–Crippen LogP) is 1.76. The highest BCUT2D eigenvalue weighted by Crippen LogP contribution is 2.21. The Balaban J connectivity index is 1.35. The molecule has 10 heteroatoms. The molecule has 0 aromatic carbocycles. The smallest absolute Gasteiger partial charge is 0.269 e. The Morgan fingerprint density at radius 2 is 1.97 bits per heavy atom. The highest BCUT2D eigenvalue weighted by molar-refractivity contribution is 5.92. The lowest BCUT2D eigenvalue weighted by Crippen LogP contribution is -2.46. The Morgan fingerprint density at radius 3 is 2.63 bits per heavy atom. The van der Waals surface area contributed by atoms with Crippen LogP contribution in [0.1, 0.15) is 16.1 Å². The van der Waals surface area contributed by atoms with Gasteiger partial charge in [0.25, 0.3) is 5.91 Å². The van der Waals surface area contributed by atoms with Gasteiger partial charge in [-0.2, -0.15) is 0 Å². The number of carbonyl (C=O) groups is 1. The largest absolute Gasteiger partial charge is 0.368 e. The van der Waals surface area contributed by atoms with E-state index < -0.39 is 0 Å². The number of halogens is 1. The van der Waals surface area contributed by atoms with E-state index in [1.165, 1.54) is 0 Å². The van der Waals surface area contributed by atoms with E-state index in [-0.39, 0.29) is 17.5 Å². The van der Waals surface area contributed by atoms with Gasteiger partial charge >= 0.3 is 0 Å². The van der Waals surface area contributed by atoms with Crippen molar-refractivity contribution in [2.75, 3.05) is 43.4 Å². The van der Waals surface area contributed by atoms with Crippen molar-refractivity contribution in [1.82, 2.24) is 30.2 Å². The van der Waals surface area contributed by atoms with E-state index in [0.29, 0.717) is 23.8 Å². The number of anilines is 3. The Hall–Kier alpha value is -3.53. The molecular formula is C20H23FN8O. The number of H-pyrrole nitrogens is 1. The number of nitrogens with one attached hydrogen (secondary N) is 3. The van der Waals surface area contributed by atoms with Crippen molar-refractivity contribution in [1.29, 1.82) is 0 Å². The highest BCUT2D eigenvalue weighted by Gasteiger charge is 2.20. The van der Waals surface area contributed by atoms with E-state index in [9.17, 15) is 9.18 Å². The molecule has 156 valence electrons. The van der Waals surface area contributed by atoms with Crippen molar-refractivity contribution in [2.45, 2.75) is 6.54 Å². The fourth-order valence-electron chi connectivity index (χ4n) is 3.38. The number of hydrogen-bond acceptors (Lipinski definition) is 7. The molecule has 4 heterocycles. The number of piperazine rings is 1. The number of rotatable bonds is 6. The van der Waals surface area contributed by atoms with Crippen LogP contribution in [-0.2, 0) is 6.54 Å². The lowest BCUT2D eigenvalue weighted by Gasteiger charge is -2.36. The van der Waals surface area contributed by atoms with E-state index in [0.717, 1.165) is 31.9 Å². The fraction of sp³-hybridized carbons (Fsp3) is 0.300. The molecule has 0 spiro atoms. The number of aromatic nitrogens is 4. The molecule has 0 atom stereocenters. The second kappa shape index (κ2) is 8.87. The van der Waals surface area contributed by atoms with Gasteiger partial charge in [0.15, 0.2) is 11.6 Å². The van der Waals surface area contributed by atoms with Gasteiger partial charge in [-0.15, -0.1) is 0 Å². The molecule has 0 aliphatic carbocycles. The zero-order valence-corrected chi connectivity index (χ0v) is 16.6. The summed E-state index contributed by atoms with van der Waals surface area (Å²) in [5.74, 6) is 0.0311. The Morgan fingerprint density at radius 1 is 1.13 bits per heavy atom. The van der Waals surface area contributed by atoms with Crippen LogP contribution < -0.4 is 15.5 Å². The van der Waals surface area contributed by atoms with Gasteiger partial charge in [0, 0.05) is 63.9 Å². The SMILES string of the molecule is CNC(=O)c1ccc(N2CCN(Cc3ccnc(Nc4ncc[nH]4)c3F)CC2)cn1. The van der Waals surface area contributed by atoms with Crippen molar-refractivity contribution >= 4 is 23.4 Å². The van der Waals surface area contributed by atoms with E-state index in [1.54, 1.807) is 44.0 Å². The molecule has 30 heavy (non-hydrogen) atoms. The molecule has 1 amide bonds. The van der Waals surface area contributed by atoms with Gasteiger partial charge in [0.1, 0.15) is 5.69 Å². The minimum atomic E-state index is -0.370. The third-order valence-electron chi connectivity index (χ3n) is 5.04. The minimum Gasteiger partial charge on any atom is -0.368 e. The van der Waals surface area contributed by atoms with Crippen molar-refractivity contribution < 1.29 is 9.18 Å². The van der Waals surface area contributed by atoms with Crippen molar-refractivity contribution in [2.24, 2.45) is 0 Å². The third kappa shape index (κ3) is 4.38. The molecule has 0 bridgehead atoms. The first-order valence-corrected chi connectivity index (χ1v) is 9.69. The Kier molecular flexibility index (Phi) is 5.84. The molecule has 1 aliphatic heterocycles. The number of pyridine rings is 2. The average Bonchev–Trinajstić information content (AvgIpc) is 3.30. The normalized spacial score (nSPS) is 14.5. The molecule has 3 aromatic heterocycles. The summed E-state index contributed by atoms with van der Waals surface area (Å²) < 4.78 is 14.8. The molecule has 1 saturated heterocycles. The molecule has 0 radical (unpaired) electrons. The van der Waals surface area contributed by atoms with Crippen LogP contribution in [0.25, 0.3) is 0 Å². The van der Waals surface area contributed by atoms with Crippen LogP contribution in [0.4, 0.5) is 21.8 Å². The third-order valence-corrected chi connectivity index (χ3v) is 5.04. The van der Waals surface area contributed by atoms with E-state index in [2.05, 4.69) is 40.4 Å². The Bertz CT molecular complexity index is 985. The van der Waals surface area contributed by atoms with Gasteiger partial charge in [0.05, 0.1) is 11.9 Å². The van der Waals surface area contributed by atoms with Crippen LogP contribution in [0.3, 0.4) is 0 Å². The topological polar surface area (TPSA) is 102 Å². The number of aromatic amines is 1. The Labute approximate surface area is 173 Å². The summed E-state index contributed by atoms with van der Waals surface area (Å²) in [6, 6.07) is 5.33. The van der Waals surface area contributed by atoms with Gasteiger partial charge in [-0.05, 0) is 18.2 Å². The predicted molar refractivity (Wildman–Crippen MR) is 111 cm³/mol. The molecule has 0 saturated carbocycles. The lowest BCUT2D eigenvalue weighted by atomic mass is 10.2. The van der Waals surface area contributed by atoms with Crippen LogP contribution >= 0.6 is 0 Å². The van der Waals surface area contributed by atoms with Gasteiger partial charge < -0.3 is 20.5 Å². The maximum atomic E-state index is 14.8. The second-order valence-corrected chi connectivity index (χ2v) is 6.94. The molecular weight excluding hydrogens is 387 g/mol. The first-order chi connectivity index (χ1) is 14.6. The molecule has 4 rings (SSSR count). The standard InChI is InChI=1S/C20H23FN8O/c1-22-19(30)16-3-2-15(12-26-16)29-10-8-28(9-11-29)13-14-4-5-23-18(17(14)21)27-20-24-6-7-25-20/h2-7,12H,8-11,13H2,1H3,(H,22,30)(H2,23,24,25,27). The average molecular weight is 410 g/mol. The summed E-state index contributed by atoms with van der Waals surface area (Å²) >= 11 is 0. The summed E-state index contributed by atoms with van der Waals surface area (Å²) in [5.41, 5.74) is 1.96. The van der Waals surface area contributed by atoms with Crippen LogP contribution in [-0.4, -0.2) is 64.0 Å². The number of amides is 1. The van der Waals surface area contributed by atoms with Crippen molar-refractivity contribution in [3.63, 3.8) is 0 Å². The number of carbonyl (C=O) groups excluding carboxylic acids is 1. The minimum absolute atomic E-state index is 0.156. The summed E-state index contributed by atoms with van der Waals surface area (Å²) in [7, 11) is 1.58. The van der Waals surface area contributed by atoms with Crippen LogP contribution in [0, 0.1) is 5.82 Å². The molecule has 1 fully saturated rings. The first kappa shape index (κ1) is 19.8. The summed E-state index contributed by atoms with van der Waals surface area (Å²) in [4.78, 5) is 31.3. The van der Waals surface area contributed by atoms with Crippen LogP contribution in [0.2, 0.25) is 0 Å². The van der Waals surface area contributed by atoms with Crippen LogP contribution in [0.5, 0.6) is 0 Å². The summed E-state index contributed by atoms with van der Waals surface area (Å²) in [6.45, 7) is 3.68. The van der Waals surface area contributed by atoms with E-state index in [1.807, 2.05) is 6.07 Å². The van der Waals surface area contributed by atoms with Crippen molar-refractivity contribution in [3.8, 4) is 0 Å². The molecule has 9 nitrogen and oxygen atoms in total. The fourth-order valence-corrected chi connectivity index (χ4v) is 3.38. The van der Waals surface area contributed by atoms with E-state index in [4.69, 9.17) is 0 Å². The lowest BCUT2D eigenvalue weighted by molar-refractivity contribution is 0.0958. The van der Waals surface area contributed by atoms with Crippen LogP contribution in [0.15, 0.2) is 43.0 Å². The molecule has 3 N–H and O–H groups in total. The quantitative estimate of drug-likeness (QED) is 0.569. The van der Waals surface area contributed by atoms with Gasteiger partial charge in [-0.25, -0.2) is 19.3 Å². The zero-order valence-electron chi connectivity index (χ0n) is 16.6. The molecule has 1 aliphatic rings. The number of hydrogen-bond donors (Lipinski definition) is 3. The summed E-state index contributed by atoms with van der Waals surface area (Å²) in [5, 5.41) is 5.42. The monoisotopic (exact) mass is 410 g/mol. The van der Waals surface area contributed by atoms with Gasteiger partial charge in [-0.1, -0.05) is 0 Å². The summed E-state index contributed by atoms with van der Waals surface area (Å²) in [6.07, 6.45) is 6.56. The van der Waals surface area contributed by atoms with Gasteiger partial charge in [0.2, 0.25) is 5.95 Å². The van der Waals surface area contributed by atoms with E-state index >= 15 is 0 Å². The molecule has 0 unspecified atom stereocenters. The zero-order chi connectivity index (χ0) is 20.9. The maximum absolute atomic E-state index is 14.8. The number of nitrogens with zero attached hydrogens (tertiary/aromatic N) is 5.